The lowest BCUT2D eigenvalue weighted by atomic mass is 9.97. The lowest BCUT2D eigenvalue weighted by Crippen LogP contribution is -2.11. The number of hydrogen-bond donors (Lipinski definition) is 2. The minimum Gasteiger partial charge on any atom is -0.497 e. The summed E-state index contributed by atoms with van der Waals surface area (Å²) in [7, 11) is 1.66. The second kappa shape index (κ2) is 9.40. The number of nitrogens with one attached hydrogen (secondary N) is 1. The fraction of sp³-hybridized carbons (Fsp3) is 0.409. The van der Waals surface area contributed by atoms with Crippen molar-refractivity contribution in [2.24, 2.45) is 0 Å². The molecule has 0 aliphatic heterocycles. The van der Waals surface area contributed by atoms with Crippen LogP contribution in [-0.2, 0) is 35.3 Å². The van der Waals surface area contributed by atoms with Crippen LogP contribution < -0.4 is 10.1 Å². The van der Waals surface area contributed by atoms with Crippen molar-refractivity contribution in [2.45, 2.75) is 38.6 Å². The highest BCUT2D eigenvalue weighted by Crippen LogP contribution is 2.38. The summed E-state index contributed by atoms with van der Waals surface area (Å²) in [5.74, 6) is 1.38. The van der Waals surface area contributed by atoms with Crippen molar-refractivity contribution >= 4 is 33.3 Å². The first-order valence-corrected chi connectivity index (χ1v) is 10.9. The fourth-order valence-electron chi connectivity index (χ4n) is 3.69. The summed E-state index contributed by atoms with van der Waals surface area (Å²) in [4.78, 5) is 22.6. The quantitative estimate of drug-likeness (QED) is 0.501. The van der Waals surface area contributed by atoms with Crippen LogP contribution in [0.25, 0.3) is 10.2 Å². The summed E-state index contributed by atoms with van der Waals surface area (Å²) in [5.41, 5.74) is 2.52. The molecule has 2 heterocycles. The first kappa shape index (κ1) is 20.6. The Balaban J connectivity index is 1.58. The molecule has 0 fully saturated rings. The second-order valence-corrected chi connectivity index (χ2v) is 8.36. The molecule has 0 radical (unpaired) electrons. The molecule has 0 amide bonds. The molecule has 0 unspecified atom stereocenters. The van der Waals surface area contributed by atoms with E-state index in [1.54, 1.807) is 18.4 Å². The fourth-order valence-corrected chi connectivity index (χ4v) is 4.97. The first-order valence-electron chi connectivity index (χ1n) is 10.1. The van der Waals surface area contributed by atoms with Crippen molar-refractivity contribution in [3.05, 3.63) is 46.1 Å². The third-order valence-corrected chi connectivity index (χ3v) is 6.36. The van der Waals surface area contributed by atoms with Gasteiger partial charge in [-0.3, -0.25) is 0 Å². The number of ether oxygens (including phenoxy) is 2. The van der Waals surface area contributed by atoms with E-state index in [4.69, 9.17) is 24.5 Å². The van der Waals surface area contributed by atoms with Gasteiger partial charge in [0.2, 0.25) is 0 Å². The Labute approximate surface area is 179 Å². The van der Waals surface area contributed by atoms with Crippen LogP contribution in [0.2, 0.25) is 0 Å². The number of methoxy groups -OCH3 is 1. The van der Waals surface area contributed by atoms with Crippen LogP contribution in [0.15, 0.2) is 24.3 Å². The molecule has 8 heteroatoms. The summed E-state index contributed by atoms with van der Waals surface area (Å²) < 4.78 is 10.4. The highest BCUT2D eigenvalue weighted by atomic mass is 32.1. The highest BCUT2D eigenvalue weighted by molar-refractivity contribution is 7.19. The Bertz CT molecular complexity index is 1030. The predicted molar refractivity (Wildman–Crippen MR) is 117 cm³/mol. The smallest absolute Gasteiger partial charge is 0.329 e. The normalized spacial score (nSPS) is 13.2. The molecule has 2 N–H and O–H groups in total. The Hall–Kier alpha value is -2.71. The molecule has 1 aliphatic rings. The van der Waals surface area contributed by atoms with Gasteiger partial charge in [0.05, 0.1) is 19.1 Å². The van der Waals surface area contributed by atoms with Gasteiger partial charge in [-0.15, -0.1) is 11.3 Å². The van der Waals surface area contributed by atoms with Crippen molar-refractivity contribution in [1.29, 1.82) is 0 Å². The topological polar surface area (TPSA) is 93.6 Å². The lowest BCUT2D eigenvalue weighted by molar-refractivity contribution is -0.142. The standard InChI is InChI=1S/C22H25N3O4S/c1-28-15-8-6-14(7-9-15)12-23-21-20-16-4-2-3-5-17(16)30-22(20)25-18(24-21)10-11-29-13-19(26)27/h6-9H,2-5,10-13H2,1H3,(H,26,27)(H,23,24,25). The summed E-state index contributed by atoms with van der Waals surface area (Å²) in [6, 6.07) is 7.97. The molecule has 0 saturated carbocycles. The van der Waals surface area contributed by atoms with Gasteiger partial charge in [-0.2, -0.15) is 0 Å². The van der Waals surface area contributed by atoms with Crippen LogP contribution in [0.5, 0.6) is 5.75 Å². The molecule has 158 valence electrons. The summed E-state index contributed by atoms with van der Waals surface area (Å²) in [6.07, 6.45) is 5.06. The van der Waals surface area contributed by atoms with Crippen LogP contribution >= 0.6 is 11.3 Å². The Morgan fingerprint density at radius 1 is 1.20 bits per heavy atom. The van der Waals surface area contributed by atoms with Gasteiger partial charge in [-0.1, -0.05) is 12.1 Å². The molecule has 3 aromatic rings. The number of carboxylic acid groups (broad SMARTS) is 1. The van der Waals surface area contributed by atoms with Crippen LogP contribution in [0, 0.1) is 0 Å². The van der Waals surface area contributed by atoms with Crippen LogP contribution in [0.3, 0.4) is 0 Å². The van der Waals surface area contributed by atoms with Gasteiger partial charge in [-0.25, -0.2) is 14.8 Å². The molecule has 0 atom stereocenters. The number of aromatic nitrogens is 2. The number of fused-ring (bicyclic) bond motifs is 3. The number of hydrogen-bond acceptors (Lipinski definition) is 7. The van der Waals surface area contributed by atoms with Crippen LogP contribution in [0.1, 0.15) is 34.7 Å². The summed E-state index contributed by atoms with van der Waals surface area (Å²) >= 11 is 1.76. The van der Waals surface area contributed by atoms with Gasteiger partial charge < -0.3 is 19.9 Å². The van der Waals surface area contributed by atoms with Gasteiger partial charge in [0.15, 0.2) is 0 Å². The molecule has 7 nitrogen and oxygen atoms in total. The van der Waals surface area contributed by atoms with Crippen molar-refractivity contribution < 1.29 is 19.4 Å². The average molecular weight is 428 g/mol. The Morgan fingerprint density at radius 3 is 2.77 bits per heavy atom. The number of aliphatic carboxylic acids is 1. The number of aryl methyl sites for hydroxylation is 2. The molecule has 1 aliphatic carbocycles. The molecular weight excluding hydrogens is 402 g/mol. The number of benzene rings is 1. The van der Waals surface area contributed by atoms with Gasteiger partial charge >= 0.3 is 5.97 Å². The molecule has 1 aromatic carbocycles. The third kappa shape index (κ3) is 4.71. The van der Waals surface area contributed by atoms with E-state index in [0.29, 0.717) is 18.8 Å². The van der Waals surface area contributed by atoms with Gasteiger partial charge in [-0.05, 0) is 48.9 Å². The van der Waals surface area contributed by atoms with Crippen LogP contribution in [-0.4, -0.2) is 41.4 Å². The molecule has 0 bridgehead atoms. The molecular formula is C22H25N3O4S. The molecule has 0 spiro atoms. The summed E-state index contributed by atoms with van der Waals surface area (Å²) in [5, 5.41) is 13.4. The van der Waals surface area contributed by atoms with Gasteiger partial charge in [0.25, 0.3) is 0 Å². The number of anilines is 1. The maximum atomic E-state index is 10.6. The first-order chi connectivity index (χ1) is 14.6. The minimum atomic E-state index is -0.973. The number of nitrogens with zero attached hydrogens (tertiary/aromatic N) is 2. The summed E-state index contributed by atoms with van der Waals surface area (Å²) in [6.45, 7) is 0.620. The van der Waals surface area contributed by atoms with E-state index in [1.807, 2.05) is 24.3 Å². The third-order valence-electron chi connectivity index (χ3n) is 5.18. The van der Waals surface area contributed by atoms with E-state index >= 15 is 0 Å². The van der Waals surface area contributed by atoms with Gasteiger partial charge in [0.1, 0.15) is 28.8 Å². The van der Waals surface area contributed by atoms with Crippen LogP contribution in [0.4, 0.5) is 5.82 Å². The van der Waals surface area contributed by atoms with E-state index in [2.05, 4.69) is 5.32 Å². The minimum absolute atomic E-state index is 0.279. The maximum absolute atomic E-state index is 10.6. The predicted octanol–water partition coefficient (Wildman–Crippen LogP) is 3.83. The Kier molecular flexibility index (Phi) is 6.44. The van der Waals surface area contributed by atoms with Crippen molar-refractivity contribution in [3.63, 3.8) is 0 Å². The lowest BCUT2D eigenvalue weighted by Gasteiger charge is -2.13. The zero-order valence-corrected chi connectivity index (χ0v) is 17.8. The number of carbonyl (C=O) groups is 1. The molecule has 0 saturated heterocycles. The Morgan fingerprint density at radius 2 is 2.00 bits per heavy atom. The van der Waals surface area contributed by atoms with E-state index in [0.717, 1.165) is 40.2 Å². The monoisotopic (exact) mass is 427 g/mol. The van der Waals surface area contributed by atoms with Crippen molar-refractivity contribution in [1.82, 2.24) is 9.97 Å². The highest BCUT2D eigenvalue weighted by Gasteiger charge is 2.21. The van der Waals surface area contributed by atoms with E-state index in [9.17, 15) is 4.79 Å². The molecule has 30 heavy (non-hydrogen) atoms. The van der Waals surface area contributed by atoms with E-state index < -0.39 is 5.97 Å². The van der Waals surface area contributed by atoms with Crippen molar-refractivity contribution in [3.8, 4) is 5.75 Å². The molecule has 4 rings (SSSR count). The van der Waals surface area contributed by atoms with E-state index in [1.165, 1.54) is 23.3 Å². The van der Waals surface area contributed by atoms with E-state index in [-0.39, 0.29) is 13.2 Å². The van der Waals surface area contributed by atoms with Crippen molar-refractivity contribution in [2.75, 3.05) is 25.6 Å². The number of thiophene rings is 1. The molecule has 2 aromatic heterocycles. The largest absolute Gasteiger partial charge is 0.497 e. The number of rotatable bonds is 9. The average Bonchev–Trinajstić information content (AvgIpc) is 3.14. The van der Waals surface area contributed by atoms with Gasteiger partial charge in [0, 0.05) is 17.8 Å². The SMILES string of the molecule is COc1ccc(CNc2nc(CCOCC(=O)O)nc3sc4c(c23)CCCC4)cc1. The zero-order chi connectivity index (χ0) is 20.9. The maximum Gasteiger partial charge on any atom is 0.329 e. The number of carboxylic acids is 1. The zero-order valence-electron chi connectivity index (χ0n) is 16.9. The second-order valence-electron chi connectivity index (χ2n) is 7.28.